The van der Waals surface area contributed by atoms with Gasteiger partial charge in [0.05, 0.1) is 11.7 Å². The Labute approximate surface area is 128 Å². The molecule has 1 heterocycles. The van der Waals surface area contributed by atoms with E-state index < -0.39 is 0 Å². The summed E-state index contributed by atoms with van der Waals surface area (Å²) in [6.45, 7) is 5.30. The predicted molar refractivity (Wildman–Crippen MR) is 86.6 cm³/mol. The molecule has 1 unspecified atom stereocenters. The van der Waals surface area contributed by atoms with Gasteiger partial charge in [0, 0.05) is 19.1 Å². The van der Waals surface area contributed by atoms with Crippen molar-refractivity contribution in [1.29, 1.82) is 0 Å². The molecule has 1 spiro atoms. The quantitative estimate of drug-likeness (QED) is 0.893. The molecule has 21 heavy (non-hydrogen) atoms. The van der Waals surface area contributed by atoms with E-state index in [2.05, 4.69) is 47.9 Å². The van der Waals surface area contributed by atoms with E-state index in [0.717, 1.165) is 26.1 Å². The number of morpholine rings is 1. The zero-order valence-corrected chi connectivity index (χ0v) is 13.1. The maximum absolute atomic E-state index is 6.25. The first-order valence-electron chi connectivity index (χ1n) is 8.42. The summed E-state index contributed by atoms with van der Waals surface area (Å²) in [5.41, 5.74) is 1.54. The fourth-order valence-electron chi connectivity index (χ4n) is 3.72. The van der Waals surface area contributed by atoms with Crippen LogP contribution in [0.25, 0.3) is 0 Å². The molecule has 1 saturated heterocycles. The second-order valence-corrected chi connectivity index (χ2v) is 6.71. The van der Waals surface area contributed by atoms with Crippen LogP contribution in [0.3, 0.4) is 0 Å². The molecule has 116 valence electrons. The van der Waals surface area contributed by atoms with Crippen LogP contribution in [0.15, 0.2) is 30.3 Å². The zero-order valence-electron chi connectivity index (χ0n) is 13.1. The van der Waals surface area contributed by atoms with Crippen LogP contribution in [0.2, 0.25) is 0 Å². The van der Waals surface area contributed by atoms with Crippen molar-refractivity contribution in [2.75, 3.05) is 19.6 Å². The normalized spacial score (nSPS) is 33.2. The minimum Gasteiger partial charge on any atom is -0.369 e. The van der Waals surface area contributed by atoms with Gasteiger partial charge in [0.25, 0.3) is 0 Å². The summed E-state index contributed by atoms with van der Waals surface area (Å²) < 4.78 is 6.25. The molecule has 3 rings (SSSR count). The van der Waals surface area contributed by atoms with Gasteiger partial charge in [-0.3, -0.25) is 0 Å². The highest BCUT2D eigenvalue weighted by atomic mass is 16.5. The van der Waals surface area contributed by atoms with Crippen LogP contribution < -0.4 is 10.6 Å². The lowest BCUT2D eigenvalue weighted by Crippen LogP contribution is -2.56. The summed E-state index contributed by atoms with van der Waals surface area (Å²) in [6.07, 6.45) is 6.34. The van der Waals surface area contributed by atoms with Crippen LogP contribution in [-0.2, 0) is 11.2 Å². The molecule has 1 aliphatic carbocycles. The molecule has 2 aliphatic rings. The first kappa shape index (κ1) is 15.0. The summed E-state index contributed by atoms with van der Waals surface area (Å²) in [6, 6.07) is 11.4. The Morgan fingerprint density at radius 3 is 2.71 bits per heavy atom. The second-order valence-electron chi connectivity index (χ2n) is 6.71. The molecular formula is C18H28N2O. The van der Waals surface area contributed by atoms with Crippen molar-refractivity contribution in [3.8, 4) is 0 Å². The van der Waals surface area contributed by atoms with Crippen molar-refractivity contribution >= 4 is 0 Å². The van der Waals surface area contributed by atoms with Crippen molar-refractivity contribution < 1.29 is 4.74 Å². The summed E-state index contributed by atoms with van der Waals surface area (Å²) in [5, 5.41) is 7.26. The lowest BCUT2D eigenvalue weighted by atomic mass is 9.81. The molecule has 1 aromatic carbocycles. The Bertz CT molecular complexity index is 426. The maximum atomic E-state index is 6.25. The van der Waals surface area contributed by atoms with Crippen LogP contribution in [0.5, 0.6) is 0 Å². The first-order valence-corrected chi connectivity index (χ1v) is 8.42. The summed E-state index contributed by atoms with van der Waals surface area (Å²) in [4.78, 5) is 0. The smallest absolute Gasteiger partial charge is 0.0811 e. The zero-order chi connectivity index (χ0) is 14.5. The number of nitrogens with one attached hydrogen (secondary N) is 2. The van der Waals surface area contributed by atoms with Crippen LogP contribution in [0.1, 0.15) is 38.2 Å². The Kier molecular flexibility index (Phi) is 4.94. The topological polar surface area (TPSA) is 33.3 Å². The van der Waals surface area contributed by atoms with E-state index in [1.165, 1.54) is 31.2 Å². The molecule has 2 N–H and O–H groups in total. The molecule has 0 aromatic heterocycles. The third-order valence-electron chi connectivity index (χ3n) is 4.92. The molecule has 0 radical (unpaired) electrons. The van der Waals surface area contributed by atoms with Gasteiger partial charge in [-0.25, -0.2) is 0 Å². The number of hydrogen-bond donors (Lipinski definition) is 2. The highest BCUT2D eigenvalue weighted by Gasteiger charge is 2.39. The van der Waals surface area contributed by atoms with Gasteiger partial charge in [-0.2, -0.15) is 0 Å². The number of benzene rings is 1. The van der Waals surface area contributed by atoms with Crippen molar-refractivity contribution in [3.63, 3.8) is 0 Å². The molecule has 1 saturated carbocycles. The molecule has 1 aliphatic heterocycles. The minimum atomic E-state index is 0.120. The molecule has 2 fully saturated rings. The van der Waals surface area contributed by atoms with Gasteiger partial charge in [0.1, 0.15) is 0 Å². The van der Waals surface area contributed by atoms with E-state index in [-0.39, 0.29) is 5.60 Å². The van der Waals surface area contributed by atoms with Crippen LogP contribution in [0.4, 0.5) is 0 Å². The van der Waals surface area contributed by atoms with E-state index in [1.54, 1.807) is 0 Å². The first-order chi connectivity index (χ1) is 10.3. The Morgan fingerprint density at radius 1 is 1.24 bits per heavy atom. The van der Waals surface area contributed by atoms with Gasteiger partial charge in [0.15, 0.2) is 0 Å². The molecule has 0 bridgehead atoms. The van der Waals surface area contributed by atoms with Gasteiger partial charge < -0.3 is 15.4 Å². The average Bonchev–Trinajstić information content (AvgIpc) is 2.51. The van der Waals surface area contributed by atoms with Gasteiger partial charge in [-0.15, -0.1) is 0 Å². The average molecular weight is 288 g/mol. The highest BCUT2D eigenvalue weighted by molar-refractivity contribution is 5.14. The van der Waals surface area contributed by atoms with E-state index in [0.29, 0.717) is 12.1 Å². The van der Waals surface area contributed by atoms with Crippen molar-refractivity contribution in [2.24, 2.45) is 0 Å². The molecule has 3 nitrogen and oxygen atoms in total. The maximum Gasteiger partial charge on any atom is 0.0811 e. The monoisotopic (exact) mass is 288 g/mol. The number of hydrogen-bond acceptors (Lipinski definition) is 3. The molecule has 3 heteroatoms. The minimum absolute atomic E-state index is 0.120. The van der Waals surface area contributed by atoms with E-state index in [9.17, 15) is 0 Å². The Morgan fingerprint density at radius 2 is 2.00 bits per heavy atom. The standard InChI is InChI=1S/C18H28N2O/c1-15-13-19-14-18(21-15)10-7-17(8-11-18)20-12-9-16-5-3-2-4-6-16/h2-6,15,17,19-20H,7-14H2,1H3. The summed E-state index contributed by atoms with van der Waals surface area (Å²) in [5.74, 6) is 0. The summed E-state index contributed by atoms with van der Waals surface area (Å²) in [7, 11) is 0. The molecule has 1 aromatic rings. The SMILES string of the molecule is CC1CNCC2(CCC(NCCc3ccccc3)CC2)O1. The lowest BCUT2D eigenvalue weighted by Gasteiger charge is -2.45. The third-order valence-corrected chi connectivity index (χ3v) is 4.92. The van der Waals surface area contributed by atoms with Crippen molar-refractivity contribution in [1.82, 2.24) is 10.6 Å². The van der Waals surface area contributed by atoms with E-state index >= 15 is 0 Å². The fraction of sp³-hybridized carbons (Fsp3) is 0.667. The van der Waals surface area contributed by atoms with Gasteiger partial charge >= 0.3 is 0 Å². The van der Waals surface area contributed by atoms with Gasteiger partial charge in [-0.1, -0.05) is 30.3 Å². The Balaban J connectivity index is 1.40. The molecular weight excluding hydrogens is 260 g/mol. The molecule has 1 atom stereocenters. The highest BCUT2D eigenvalue weighted by Crippen LogP contribution is 2.34. The van der Waals surface area contributed by atoms with Gasteiger partial charge in [-0.05, 0) is 51.1 Å². The Hall–Kier alpha value is -0.900. The number of rotatable bonds is 4. The number of ether oxygens (including phenoxy) is 1. The predicted octanol–water partition coefficient (Wildman–Crippen LogP) is 2.51. The fourth-order valence-corrected chi connectivity index (χ4v) is 3.72. The summed E-state index contributed by atoms with van der Waals surface area (Å²) >= 11 is 0. The van der Waals surface area contributed by atoms with Crippen LogP contribution in [-0.4, -0.2) is 37.4 Å². The lowest BCUT2D eigenvalue weighted by molar-refractivity contribution is -0.129. The second kappa shape index (κ2) is 6.91. The third kappa shape index (κ3) is 4.06. The van der Waals surface area contributed by atoms with E-state index in [1.807, 2.05) is 0 Å². The van der Waals surface area contributed by atoms with Crippen LogP contribution in [0, 0.1) is 0 Å². The van der Waals surface area contributed by atoms with Crippen LogP contribution >= 0.6 is 0 Å². The van der Waals surface area contributed by atoms with Crippen molar-refractivity contribution in [3.05, 3.63) is 35.9 Å². The van der Waals surface area contributed by atoms with E-state index in [4.69, 9.17) is 4.74 Å². The van der Waals surface area contributed by atoms with Crippen molar-refractivity contribution in [2.45, 2.75) is 56.8 Å². The molecule has 0 amide bonds. The van der Waals surface area contributed by atoms with Gasteiger partial charge in [0.2, 0.25) is 0 Å². The largest absolute Gasteiger partial charge is 0.369 e.